The summed E-state index contributed by atoms with van der Waals surface area (Å²) in [6, 6.07) is 0. The van der Waals surface area contributed by atoms with E-state index in [4.69, 9.17) is 0 Å². The monoisotopic (exact) mass is 131 g/mol. The van der Waals surface area contributed by atoms with E-state index in [1.807, 2.05) is 0 Å². The number of nitrogens with zero attached hydrogens (tertiary/aromatic N) is 1. The van der Waals surface area contributed by atoms with Crippen molar-refractivity contribution >= 4 is 17.9 Å². The van der Waals surface area contributed by atoms with Crippen LogP contribution in [0, 0.1) is 0 Å². The quantitative estimate of drug-likeness (QED) is 0.489. The summed E-state index contributed by atoms with van der Waals surface area (Å²) >= 11 is 3.68. The van der Waals surface area contributed by atoms with Gasteiger partial charge in [0.2, 0.25) is 0 Å². The molecule has 1 rings (SSSR count). The standard InChI is InChI=1S/C5H9NOS/c7-5(8)6-3-1-2-4-6/h1-4H2,(H,7,8). The van der Waals surface area contributed by atoms with Gasteiger partial charge in [-0.3, -0.25) is 4.79 Å². The molecule has 0 spiro atoms. The van der Waals surface area contributed by atoms with Crippen molar-refractivity contribution in [1.82, 2.24) is 4.90 Å². The Morgan fingerprint density at radius 3 is 2.12 bits per heavy atom. The van der Waals surface area contributed by atoms with Gasteiger partial charge in [-0.25, -0.2) is 0 Å². The van der Waals surface area contributed by atoms with Gasteiger partial charge in [0.1, 0.15) is 0 Å². The highest BCUT2D eigenvalue weighted by Gasteiger charge is 2.13. The number of hydrogen-bond acceptors (Lipinski definition) is 1. The average Bonchev–Trinajstić information content (AvgIpc) is 2.12. The van der Waals surface area contributed by atoms with Crippen molar-refractivity contribution < 1.29 is 4.79 Å². The summed E-state index contributed by atoms with van der Waals surface area (Å²) in [4.78, 5) is 12.2. The first kappa shape index (κ1) is 5.95. The summed E-state index contributed by atoms with van der Waals surface area (Å²) in [7, 11) is 0. The molecule has 0 aromatic heterocycles. The van der Waals surface area contributed by atoms with Crippen LogP contribution in [0.2, 0.25) is 0 Å². The van der Waals surface area contributed by atoms with Crippen molar-refractivity contribution in [2.24, 2.45) is 0 Å². The van der Waals surface area contributed by atoms with Crippen LogP contribution in [-0.2, 0) is 0 Å². The zero-order chi connectivity index (χ0) is 5.98. The second kappa shape index (κ2) is 2.40. The molecule has 3 heteroatoms. The van der Waals surface area contributed by atoms with Crippen LogP contribution in [0.15, 0.2) is 0 Å². The smallest absolute Gasteiger partial charge is 0.278 e. The number of likely N-dealkylation sites (tertiary alicyclic amines) is 1. The summed E-state index contributed by atoms with van der Waals surface area (Å²) in [6.45, 7) is 1.81. The Balaban J connectivity index is 2.35. The van der Waals surface area contributed by atoms with E-state index in [1.54, 1.807) is 4.90 Å². The maximum absolute atomic E-state index is 10.4. The lowest BCUT2D eigenvalue weighted by Gasteiger charge is -2.09. The van der Waals surface area contributed by atoms with Gasteiger partial charge < -0.3 is 4.90 Å². The second-order valence-electron chi connectivity index (χ2n) is 1.98. The van der Waals surface area contributed by atoms with Gasteiger partial charge in [0.05, 0.1) is 0 Å². The van der Waals surface area contributed by atoms with Gasteiger partial charge >= 0.3 is 0 Å². The molecular formula is C5H9NOS. The van der Waals surface area contributed by atoms with Crippen LogP contribution in [0.4, 0.5) is 4.79 Å². The lowest BCUT2D eigenvalue weighted by atomic mass is 10.4. The first-order valence-electron chi connectivity index (χ1n) is 2.78. The Morgan fingerprint density at radius 1 is 1.38 bits per heavy atom. The highest BCUT2D eigenvalue weighted by Crippen LogP contribution is 2.08. The molecule has 0 aromatic rings. The highest BCUT2D eigenvalue weighted by atomic mass is 32.1. The van der Waals surface area contributed by atoms with Crippen molar-refractivity contribution in [3.8, 4) is 0 Å². The van der Waals surface area contributed by atoms with E-state index >= 15 is 0 Å². The number of thiol groups is 1. The molecule has 1 saturated heterocycles. The Labute approximate surface area is 54.3 Å². The number of carbonyl (C=O) groups is 1. The minimum Gasteiger partial charge on any atom is -0.334 e. The molecular weight excluding hydrogens is 122 g/mol. The predicted octanol–water partition coefficient (Wildman–Crippen LogP) is 1.13. The topological polar surface area (TPSA) is 20.3 Å². The average molecular weight is 131 g/mol. The second-order valence-corrected chi connectivity index (χ2v) is 2.36. The SMILES string of the molecule is O=C(S)N1CCCC1. The summed E-state index contributed by atoms with van der Waals surface area (Å²) in [6.07, 6.45) is 2.29. The van der Waals surface area contributed by atoms with E-state index in [2.05, 4.69) is 12.6 Å². The molecule has 0 N–H and O–H groups in total. The van der Waals surface area contributed by atoms with Crippen molar-refractivity contribution in [3.63, 3.8) is 0 Å². The molecule has 0 unspecified atom stereocenters. The lowest BCUT2D eigenvalue weighted by Crippen LogP contribution is -2.21. The molecule has 0 radical (unpaired) electrons. The third-order valence-electron chi connectivity index (χ3n) is 1.38. The van der Waals surface area contributed by atoms with Crippen molar-refractivity contribution in [3.05, 3.63) is 0 Å². The third kappa shape index (κ3) is 1.15. The number of hydrogen-bond donors (Lipinski definition) is 1. The Morgan fingerprint density at radius 2 is 1.88 bits per heavy atom. The van der Waals surface area contributed by atoms with Gasteiger partial charge in [0.15, 0.2) is 0 Å². The van der Waals surface area contributed by atoms with Crippen LogP contribution >= 0.6 is 12.6 Å². The maximum atomic E-state index is 10.4. The van der Waals surface area contributed by atoms with E-state index < -0.39 is 0 Å². The van der Waals surface area contributed by atoms with E-state index in [0.29, 0.717) is 0 Å². The summed E-state index contributed by atoms with van der Waals surface area (Å²) in [5, 5.41) is -0.0810. The minimum atomic E-state index is -0.0810. The van der Waals surface area contributed by atoms with E-state index in [0.717, 1.165) is 25.9 Å². The van der Waals surface area contributed by atoms with Crippen LogP contribution in [0.1, 0.15) is 12.8 Å². The van der Waals surface area contributed by atoms with E-state index in [1.165, 1.54) is 0 Å². The van der Waals surface area contributed by atoms with Gasteiger partial charge in [0.25, 0.3) is 5.24 Å². The van der Waals surface area contributed by atoms with Crippen molar-refractivity contribution in [2.45, 2.75) is 12.8 Å². The minimum absolute atomic E-state index is 0.0810. The first-order valence-corrected chi connectivity index (χ1v) is 3.23. The Kier molecular flexibility index (Phi) is 1.78. The Hall–Kier alpha value is -0.180. The van der Waals surface area contributed by atoms with Crippen LogP contribution < -0.4 is 0 Å². The highest BCUT2D eigenvalue weighted by molar-refractivity contribution is 7.96. The van der Waals surface area contributed by atoms with Crippen LogP contribution in [-0.4, -0.2) is 23.2 Å². The Bertz CT molecular complexity index is 98.6. The molecule has 8 heavy (non-hydrogen) atoms. The van der Waals surface area contributed by atoms with E-state index in [-0.39, 0.29) is 5.24 Å². The predicted molar refractivity (Wildman–Crippen MR) is 35.2 cm³/mol. The zero-order valence-corrected chi connectivity index (χ0v) is 5.53. The van der Waals surface area contributed by atoms with Crippen molar-refractivity contribution in [2.75, 3.05) is 13.1 Å². The molecule has 0 bridgehead atoms. The first-order chi connectivity index (χ1) is 3.80. The maximum Gasteiger partial charge on any atom is 0.278 e. The van der Waals surface area contributed by atoms with Crippen LogP contribution in [0.25, 0.3) is 0 Å². The summed E-state index contributed by atoms with van der Waals surface area (Å²) in [5.41, 5.74) is 0. The van der Waals surface area contributed by atoms with Crippen LogP contribution in [0.5, 0.6) is 0 Å². The molecule has 46 valence electrons. The number of amides is 1. The lowest BCUT2D eigenvalue weighted by molar-refractivity contribution is 0.234. The normalized spacial score (nSPS) is 19.4. The third-order valence-corrected chi connectivity index (χ3v) is 1.66. The summed E-state index contributed by atoms with van der Waals surface area (Å²) in [5.74, 6) is 0. The molecule has 1 aliphatic rings. The zero-order valence-electron chi connectivity index (χ0n) is 4.63. The van der Waals surface area contributed by atoms with Gasteiger partial charge in [-0.05, 0) is 12.8 Å². The van der Waals surface area contributed by atoms with Crippen molar-refractivity contribution in [1.29, 1.82) is 0 Å². The molecule has 0 saturated carbocycles. The number of rotatable bonds is 0. The molecule has 1 heterocycles. The molecule has 1 aliphatic heterocycles. The van der Waals surface area contributed by atoms with Gasteiger partial charge in [-0.15, -0.1) is 0 Å². The molecule has 1 fully saturated rings. The fourth-order valence-electron chi connectivity index (χ4n) is 0.908. The summed E-state index contributed by atoms with van der Waals surface area (Å²) < 4.78 is 0. The largest absolute Gasteiger partial charge is 0.334 e. The molecule has 0 aromatic carbocycles. The fraction of sp³-hybridized carbons (Fsp3) is 0.800. The molecule has 0 aliphatic carbocycles. The molecule has 2 nitrogen and oxygen atoms in total. The molecule has 0 atom stereocenters. The van der Waals surface area contributed by atoms with Crippen LogP contribution in [0.3, 0.4) is 0 Å². The number of carbonyl (C=O) groups excluding carboxylic acids is 1. The fourth-order valence-corrected chi connectivity index (χ4v) is 1.11. The van der Waals surface area contributed by atoms with Gasteiger partial charge in [0, 0.05) is 13.1 Å². The van der Waals surface area contributed by atoms with Gasteiger partial charge in [-0.2, -0.15) is 0 Å². The van der Waals surface area contributed by atoms with Gasteiger partial charge in [-0.1, -0.05) is 12.6 Å². The van der Waals surface area contributed by atoms with E-state index in [9.17, 15) is 4.79 Å². The molecule has 1 amide bonds.